The summed E-state index contributed by atoms with van der Waals surface area (Å²) in [6.45, 7) is 4.83. The highest BCUT2D eigenvalue weighted by atomic mass is 35.5. The zero-order valence-corrected chi connectivity index (χ0v) is 22.3. The number of carbonyl (C=O) groups excluding carboxylic acids is 1. The van der Waals surface area contributed by atoms with Crippen LogP contribution in [-0.2, 0) is 11.3 Å². The highest BCUT2D eigenvalue weighted by Gasteiger charge is 2.61. The Morgan fingerprint density at radius 3 is 2.84 bits per heavy atom. The standard InChI is InChI=1S/C27H31ClFN7O2/c1-26-7-5-16(37)9-14(26)3-4-17-18(26)6-8-27(2)19(17)10-20(22(27)38)36-12-15(33-34-36)11-35-13-30-21-23(28)31-25(29)32-24(21)35/h3,12-13,16-20,37H,4-11H2,1-2H3/t16-,17+,18-,19-,20-,26-,27-/m0/s1. The predicted octanol–water partition coefficient (Wildman–Crippen LogP) is 4.30. The van der Waals surface area contributed by atoms with Crippen molar-refractivity contribution in [2.24, 2.45) is 28.6 Å². The molecule has 38 heavy (non-hydrogen) atoms. The number of nitrogens with zero attached hydrogens (tertiary/aromatic N) is 7. The minimum atomic E-state index is -0.915. The van der Waals surface area contributed by atoms with E-state index in [1.807, 2.05) is 6.20 Å². The van der Waals surface area contributed by atoms with Crippen molar-refractivity contribution in [1.29, 1.82) is 0 Å². The van der Waals surface area contributed by atoms with E-state index >= 15 is 0 Å². The Hall–Kier alpha value is -2.72. The molecular weight excluding hydrogens is 509 g/mol. The topological polar surface area (TPSA) is 112 Å². The molecule has 0 unspecified atom stereocenters. The largest absolute Gasteiger partial charge is 0.393 e. The number of allylic oxidation sites excluding steroid dienone is 1. The normalized spacial score (nSPS) is 36.6. The molecule has 7 atom stereocenters. The number of halogens is 2. The second-order valence-electron chi connectivity index (χ2n) is 12.2. The molecule has 1 N–H and O–H groups in total. The highest BCUT2D eigenvalue weighted by Crippen LogP contribution is 2.65. The van der Waals surface area contributed by atoms with Gasteiger partial charge in [-0.15, -0.1) is 5.10 Å². The fourth-order valence-electron chi connectivity index (χ4n) is 8.37. The smallest absolute Gasteiger partial charge is 0.312 e. The van der Waals surface area contributed by atoms with Gasteiger partial charge < -0.3 is 9.67 Å². The quantitative estimate of drug-likeness (QED) is 0.300. The van der Waals surface area contributed by atoms with Crippen LogP contribution < -0.4 is 0 Å². The van der Waals surface area contributed by atoms with E-state index in [2.05, 4.69) is 45.2 Å². The van der Waals surface area contributed by atoms with Crippen LogP contribution in [0.2, 0.25) is 5.15 Å². The van der Waals surface area contributed by atoms with Gasteiger partial charge in [0.05, 0.1) is 25.2 Å². The number of imidazole rings is 1. The van der Waals surface area contributed by atoms with Gasteiger partial charge in [-0.1, -0.05) is 42.3 Å². The molecule has 4 aliphatic carbocycles. The number of rotatable bonds is 3. The van der Waals surface area contributed by atoms with Crippen LogP contribution in [0.5, 0.6) is 0 Å². The van der Waals surface area contributed by atoms with Crippen molar-refractivity contribution in [3.63, 3.8) is 0 Å². The van der Waals surface area contributed by atoms with Crippen LogP contribution in [0.1, 0.15) is 70.5 Å². The van der Waals surface area contributed by atoms with Crippen LogP contribution in [-0.4, -0.2) is 51.5 Å². The number of hydrogen-bond donors (Lipinski definition) is 1. The lowest BCUT2D eigenvalue weighted by Crippen LogP contribution is -2.50. The van der Waals surface area contributed by atoms with Crippen LogP contribution in [0.15, 0.2) is 24.2 Å². The van der Waals surface area contributed by atoms with Gasteiger partial charge in [0, 0.05) is 5.41 Å². The molecule has 0 aromatic carbocycles. The summed E-state index contributed by atoms with van der Waals surface area (Å²) in [6, 6.07) is -0.342. The molecule has 3 aromatic rings. The Balaban J connectivity index is 1.15. The van der Waals surface area contributed by atoms with Crippen LogP contribution >= 0.6 is 11.6 Å². The van der Waals surface area contributed by atoms with Crippen molar-refractivity contribution < 1.29 is 14.3 Å². The minimum absolute atomic E-state index is 0.0384. The number of fused-ring (bicyclic) bond motifs is 6. The van der Waals surface area contributed by atoms with Gasteiger partial charge in [0.15, 0.2) is 16.6 Å². The first kappa shape index (κ1) is 24.3. The summed E-state index contributed by atoms with van der Waals surface area (Å²) in [4.78, 5) is 25.4. The lowest BCUT2D eigenvalue weighted by atomic mass is 9.48. The molecule has 3 heterocycles. The van der Waals surface area contributed by atoms with E-state index in [-0.39, 0.29) is 46.1 Å². The monoisotopic (exact) mass is 539 g/mol. The first-order chi connectivity index (χ1) is 18.2. The van der Waals surface area contributed by atoms with E-state index in [9.17, 15) is 14.3 Å². The number of aliphatic hydroxyl groups excluding tert-OH is 1. The average Bonchev–Trinajstić information content (AvgIpc) is 3.57. The van der Waals surface area contributed by atoms with E-state index in [1.165, 1.54) is 11.9 Å². The summed E-state index contributed by atoms with van der Waals surface area (Å²) in [5.74, 6) is 1.57. The van der Waals surface area contributed by atoms with E-state index in [0.717, 1.165) is 44.9 Å². The molecule has 0 amide bonds. The summed E-state index contributed by atoms with van der Waals surface area (Å²) in [5, 5.41) is 18.9. The van der Waals surface area contributed by atoms with Crippen LogP contribution in [0.25, 0.3) is 11.2 Å². The summed E-state index contributed by atoms with van der Waals surface area (Å²) < 4.78 is 17.1. The second-order valence-corrected chi connectivity index (χ2v) is 12.6. The van der Waals surface area contributed by atoms with Gasteiger partial charge in [-0.05, 0) is 68.1 Å². The zero-order chi connectivity index (χ0) is 26.4. The minimum Gasteiger partial charge on any atom is -0.393 e. The highest BCUT2D eigenvalue weighted by molar-refractivity contribution is 6.33. The third kappa shape index (κ3) is 3.45. The summed E-state index contributed by atoms with van der Waals surface area (Å²) in [7, 11) is 0. The number of ketones is 1. The van der Waals surface area contributed by atoms with Crippen LogP contribution in [0.3, 0.4) is 0 Å². The van der Waals surface area contributed by atoms with Crippen molar-refractivity contribution in [3.05, 3.63) is 41.1 Å². The maximum Gasteiger partial charge on any atom is 0.312 e. The zero-order valence-electron chi connectivity index (χ0n) is 21.5. The SMILES string of the molecule is C[C@]12CC[C@H](O)CC1=CC[C@@H]1[C@@H]2CC[C@]2(C)C(=O)[C@@H](n3cc(Cn4cnc5c(Cl)nc(F)nc54)nn3)C[C@@H]12. The van der Waals surface area contributed by atoms with E-state index in [4.69, 9.17) is 11.6 Å². The van der Waals surface area contributed by atoms with Gasteiger partial charge in [0.1, 0.15) is 17.3 Å². The van der Waals surface area contributed by atoms with Crippen LogP contribution in [0, 0.1) is 34.7 Å². The van der Waals surface area contributed by atoms with Gasteiger partial charge in [-0.2, -0.15) is 14.4 Å². The van der Waals surface area contributed by atoms with Crippen molar-refractivity contribution in [2.75, 3.05) is 0 Å². The molecule has 7 rings (SSSR count). The lowest BCUT2D eigenvalue weighted by Gasteiger charge is -2.56. The van der Waals surface area contributed by atoms with Gasteiger partial charge in [0.2, 0.25) is 0 Å². The third-order valence-corrected chi connectivity index (χ3v) is 10.7. The number of Topliss-reactive ketones (excluding diaryl/α,β-unsaturated/α-hetero) is 1. The molecule has 4 aliphatic rings. The predicted molar refractivity (Wildman–Crippen MR) is 137 cm³/mol. The van der Waals surface area contributed by atoms with Gasteiger partial charge >= 0.3 is 6.08 Å². The Labute approximate surface area is 224 Å². The van der Waals surface area contributed by atoms with Gasteiger partial charge in [0.25, 0.3) is 0 Å². The maximum atomic E-state index is 13.9. The van der Waals surface area contributed by atoms with E-state index in [0.29, 0.717) is 29.0 Å². The number of hydrogen-bond acceptors (Lipinski definition) is 7. The molecular formula is C27H31ClFN7O2. The number of carbonyl (C=O) groups is 1. The Morgan fingerprint density at radius 2 is 2.00 bits per heavy atom. The Kier molecular flexibility index (Phi) is 5.37. The van der Waals surface area contributed by atoms with E-state index in [1.54, 1.807) is 9.25 Å². The maximum absolute atomic E-state index is 13.9. The van der Waals surface area contributed by atoms with E-state index < -0.39 is 6.08 Å². The fraction of sp³-hybridized carbons (Fsp3) is 0.630. The summed E-state index contributed by atoms with van der Waals surface area (Å²) in [5.41, 5.74) is 2.44. The van der Waals surface area contributed by atoms with Gasteiger partial charge in [-0.25, -0.2) is 9.67 Å². The molecule has 9 nitrogen and oxygen atoms in total. The van der Waals surface area contributed by atoms with Crippen molar-refractivity contribution in [3.8, 4) is 0 Å². The molecule has 200 valence electrons. The first-order valence-corrected chi connectivity index (χ1v) is 13.9. The van der Waals surface area contributed by atoms with Crippen molar-refractivity contribution >= 4 is 28.5 Å². The Bertz CT molecular complexity index is 1490. The van der Waals surface area contributed by atoms with Crippen molar-refractivity contribution in [2.45, 2.75) is 77.5 Å². The first-order valence-electron chi connectivity index (χ1n) is 13.5. The molecule has 3 aromatic heterocycles. The molecule has 3 fully saturated rings. The van der Waals surface area contributed by atoms with Crippen molar-refractivity contribution in [1.82, 2.24) is 34.5 Å². The average molecular weight is 540 g/mol. The van der Waals surface area contributed by atoms with Gasteiger partial charge in [-0.3, -0.25) is 4.79 Å². The fourth-order valence-corrected chi connectivity index (χ4v) is 8.58. The van der Waals surface area contributed by atoms with Crippen LogP contribution in [0.4, 0.5) is 4.39 Å². The molecule has 11 heteroatoms. The number of aliphatic hydroxyl groups is 1. The molecule has 0 spiro atoms. The Morgan fingerprint density at radius 1 is 1.18 bits per heavy atom. The molecule has 0 bridgehead atoms. The molecule has 0 aliphatic heterocycles. The number of aromatic nitrogens is 7. The molecule has 0 saturated heterocycles. The summed E-state index contributed by atoms with van der Waals surface area (Å²) >= 11 is 6.01. The second kappa shape index (κ2) is 8.39. The third-order valence-electron chi connectivity index (χ3n) is 10.4. The lowest BCUT2D eigenvalue weighted by molar-refractivity contribution is -0.134. The molecule has 3 saturated carbocycles. The summed E-state index contributed by atoms with van der Waals surface area (Å²) in [6.07, 6.45) is 11.0. The molecule has 0 radical (unpaired) electrons.